The molecule has 1 aliphatic heterocycles. The summed E-state index contributed by atoms with van der Waals surface area (Å²) < 4.78 is 13.5. The molecule has 0 bridgehead atoms. The van der Waals surface area contributed by atoms with Crippen molar-refractivity contribution < 1.29 is 4.39 Å². The van der Waals surface area contributed by atoms with Gasteiger partial charge in [-0.05, 0) is 17.5 Å². The zero-order chi connectivity index (χ0) is 10.3. The van der Waals surface area contributed by atoms with Crippen LogP contribution in [-0.2, 0) is 0 Å². The van der Waals surface area contributed by atoms with Crippen LogP contribution >= 0.6 is 11.8 Å². The average molecular weight is 211 g/mol. The number of benzene rings is 1. The minimum atomic E-state index is -0.137. The average Bonchev–Trinajstić information content (AvgIpc) is 2.17. The first-order valence-electron chi connectivity index (χ1n) is 4.82. The molecule has 3 unspecified atom stereocenters. The lowest BCUT2D eigenvalue weighted by Gasteiger charge is -2.33. The van der Waals surface area contributed by atoms with Gasteiger partial charge in [0.05, 0.1) is 0 Å². The van der Waals surface area contributed by atoms with E-state index in [2.05, 4.69) is 13.8 Å². The minimum absolute atomic E-state index is 0.0306. The van der Waals surface area contributed by atoms with Crippen LogP contribution in [0, 0.1) is 11.7 Å². The molecule has 1 nitrogen and oxygen atoms in total. The molecule has 0 spiro atoms. The monoisotopic (exact) mass is 211 g/mol. The fraction of sp³-hybridized carbons (Fsp3) is 0.455. The van der Waals surface area contributed by atoms with Crippen molar-refractivity contribution in [2.24, 2.45) is 11.7 Å². The SMILES string of the molecule is CC1Sc2c(F)cccc2C(N)C1C. The standard InChI is InChI=1S/C11H14FNS/c1-6-7(2)14-11-8(10(6)13)4-3-5-9(11)12/h3-7,10H,13H2,1-2H3. The van der Waals surface area contributed by atoms with Gasteiger partial charge in [-0.25, -0.2) is 4.39 Å². The summed E-state index contributed by atoms with van der Waals surface area (Å²) in [7, 11) is 0. The second-order valence-corrected chi connectivity index (χ2v) is 5.25. The number of fused-ring (bicyclic) bond motifs is 1. The molecular weight excluding hydrogens is 197 g/mol. The molecule has 3 atom stereocenters. The van der Waals surface area contributed by atoms with E-state index >= 15 is 0 Å². The van der Waals surface area contributed by atoms with Crippen LogP contribution in [0.2, 0.25) is 0 Å². The van der Waals surface area contributed by atoms with Crippen molar-refractivity contribution in [3.8, 4) is 0 Å². The van der Waals surface area contributed by atoms with Crippen LogP contribution in [0.1, 0.15) is 25.5 Å². The Morgan fingerprint density at radius 3 is 2.79 bits per heavy atom. The van der Waals surface area contributed by atoms with Gasteiger partial charge in [0, 0.05) is 16.2 Å². The van der Waals surface area contributed by atoms with Crippen molar-refractivity contribution in [1.29, 1.82) is 0 Å². The van der Waals surface area contributed by atoms with E-state index in [1.54, 1.807) is 17.8 Å². The summed E-state index contributed by atoms with van der Waals surface area (Å²) >= 11 is 1.60. The number of rotatable bonds is 0. The van der Waals surface area contributed by atoms with E-state index in [4.69, 9.17) is 5.73 Å². The van der Waals surface area contributed by atoms with E-state index < -0.39 is 0 Å². The first-order valence-corrected chi connectivity index (χ1v) is 5.70. The lowest BCUT2D eigenvalue weighted by molar-refractivity contribution is 0.444. The van der Waals surface area contributed by atoms with Crippen LogP contribution < -0.4 is 5.73 Å². The van der Waals surface area contributed by atoms with Crippen LogP contribution in [0.3, 0.4) is 0 Å². The molecule has 1 aromatic carbocycles. The Morgan fingerprint density at radius 2 is 2.07 bits per heavy atom. The summed E-state index contributed by atoms with van der Waals surface area (Å²) in [6.07, 6.45) is 0. The van der Waals surface area contributed by atoms with Gasteiger partial charge in [0.15, 0.2) is 0 Å². The van der Waals surface area contributed by atoms with Crippen molar-refractivity contribution in [3.63, 3.8) is 0 Å². The maximum atomic E-state index is 13.5. The van der Waals surface area contributed by atoms with Crippen LogP contribution in [0.15, 0.2) is 23.1 Å². The Kier molecular flexibility index (Phi) is 2.54. The quantitative estimate of drug-likeness (QED) is 0.714. The molecule has 14 heavy (non-hydrogen) atoms. The van der Waals surface area contributed by atoms with Crippen molar-refractivity contribution >= 4 is 11.8 Å². The molecule has 1 aliphatic rings. The summed E-state index contributed by atoms with van der Waals surface area (Å²) in [5.74, 6) is 0.260. The van der Waals surface area contributed by atoms with Gasteiger partial charge in [0.2, 0.25) is 0 Å². The zero-order valence-corrected chi connectivity index (χ0v) is 9.14. The lowest BCUT2D eigenvalue weighted by Crippen LogP contribution is -2.30. The molecule has 1 heterocycles. The number of nitrogens with two attached hydrogens (primary N) is 1. The number of hydrogen-bond donors (Lipinski definition) is 1. The van der Waals surface area contributed by atoms with Crippen LogP contribution in [0.5, 0.6) is 0 Å². The first-order chi connectivity index (χ1) is 6.61. The molecule has 0 aliphatic carbocycles. The highest BCUT2D eigenvalue weighted by molar-refractivity contribution is 8.00. The molecule has 0 saturated carbocycles. The molecule has 76 valence electrons. The Bertz CT molecular complexity index is 353. The molecule has 0 fully saturated rings. The van der Waals surface area contributed by atoms with Crippen LogP contribution in [-0.4, -0.2) is 5.25 Å². The third-order valence-electron chi connectivity index (χ3n) is 2.97. The number of thioether (sulfide) groups is 1. The molecule has 2 rings (SSSR count). The van der Waals surface area contributed by atoms with Crippen molar-refractivity contribution in [1.82, 2.24) is 0 Å². The molecular formula is C11H14FNS. The normalized spacial score (nSPS) is 31.3. The topological polar surface area (TPSA) is 26.0 Å². The largest absolute Gasteiger partial charge is 0.324 e. The molecule has 1 aromatic rings. The molecule has 0 aromatic heterocycles. The van der Waals surface area contributed by atoms with Gasteiger partial charge >= 0.3 is 0 Å². The van der Waals surface area contributed by atoms with Crippen molar-refractivity contribution in [2.45, 2.75) is 30.0 Å². The Hall–Kier alpha value is -0.540. The summed E-state index contributed by atoms with van der Waals surface area (Å²) in [5.41, 5.74) is 7.03. The maximum absolute atomic E-state index is 13.5. The predicted octanol–water partition coefficient (Wildman–Crippen LogP) is 2.96. The summed E-state index contributed by atoms with van der Waals surface area (Å²) in [6.45, 7) is 4.22. The highest BCUT2D eigenvalue weighted by atomic mass is 32.2. The van der Waals surface area contributed by atoms with Gasteiger partial charge in [-0.3, -0.25) is 0 Å². The highest BCUT2D eigenvalue weighted by Crippen LogP contribution is 2.43. The molecule has 0 amide bonds. The first kappa shape index (κ1) is 9.99. The smallest absolute Gasteiger partial charge is 0.137 e. The van der Waals surface area contributed by atoms with E-state index in [1.807, 2.05) is 6.07 Å². The van der Waals surface area contributed by atoms with E-state index in [-0.39, 0.29) is 11.9 Å². The predicted molar refractivity (Wildman–Crippen MR) is 57.8 cm³/mol. The van der Waals surface area contributed by atoms with Gasteiger partial charge < -0.3 is 5.73 Å². The Morgan fingerprint density at radius 1 is 1.36 bits per heavy atom. The Labute approximate surface area is 87.9 Å². The Balaban J connectivity index is 2.50. The number of halogens is 1. The van der Waals surface area contributed by atoms with Gasteiger partial charge in [0.25, 0.3) is 0 Å². The van der Waals surface area contributed by atoms with Gasteiger partial charge in [-0.2, -0.15) is 0 Å². The summed E-state index contributed by atoms with van der Waals surface area (Å²) in [4.78, 5) is 0.741. The zero-order valence-electron chi connectivity index (χ0n) is 8.33. The van der Waals surface area contributed by atoms with Crippen molar-refractivity contribution in [2.75, 3.05) is 0 Å². The minimum Gasteiger partial charge on any atom is -0.324 e. The molecule has 0 saturated heterocycles. The third-order valence-corrected chi connectivity index (χ3v) is 4.43. The van der Waals surface area contributed by atoms with Crippen LogP contribution in [0.4, 0.5) is 4.39 Å². The summed E-state index contributed by atoms with van der Waals surface area (Å²) in [5, 5.41) is 0.384. The van der Waals surface area contributed by atoms with E-state index in [9.17, 15) is 4.39 Å². The number of hydrogen-bond acceptors (Lipinski definition) is 2. The fourth-order valence-corrected chi connectivity index (χ4v) is 3.06. The van der Waals surface area contributed by atoms with Gasteiger partial charge in [-0.1, -0.05) is 26.0 Å². The van der Waals surface area contributed by atoms with E-state index in [0.717, 1.165) is 10.5 Å². The second-order valence-electron chi connectivity index (χ2n) is 3.87. The van der Waals surface area contributed by atoms with Crippen molar-refractivity contribution in [3.05, 3.63) is 29.6 Å². The molecule has 0 radical (unpaired) electrons. The summed E-state index contributed by atoms with van der Waals surface area (Å²) in [6, 6.07) is 5.13. The molecule has 3 heteroatoms. The highest BCUT2D eigenvalue weighted by Gasteiger charge is 2.30. The van der Waals surface area contributed by atoms with E-state index in [1.165, 1.54) is 6.07 Å². The van der Waals surface area contributed by atoms with E-state index in [0.29, 0.717) is 11.2 Å². The van der Waals surface area contributed by atoms with Crippen LogP contribution in [0.25, 0.3) is 0 Å². The molecule has 2 N–H and O–H groups in total. The second kappa shape index (κ2) is 3.55. The van der Waals surface area contributed by atoms with Gasteiger partial charge in [0.1, 0.15) is 5.82 Å². The maximum Gasteiger partial charge on any atom is 0.137 e. The third kappa shape index (κ3) is 1.44. The van der Waals surface area contributed by atoms with Gasteiger partial charge in [-0.15, -0.1) is 11.8 Å². The fourth-order valence-electron chi connectivity index (χ4n) is 1.78. The lowest BCUT2D eigenvalue weighted by atomic mass is 9.92.